The van der Waals surface area contributed by atoms with Crippen LogP contribution in [0.3, 0.4) is 0 Å². The average Bonchev–Trinajstić information content (AvgIpc) is 3.07. The maximum absolute atomic E-state index is 12.7. The Kier molecular flexibility index (Phi) is 6.26. The number of hydrogen-bond donors (Lipinski definition) is 1. The van der Waals surface area contributed by atoms with Gasteiger partial charge in [0.05, 0.1) is 12.7 Å². The Labute approximate surface area is 158 Å². The van der Waals surface area contributed by atoms with Crippen LogP contribution in [0.5, 0.6) is 0 Å². The first-order valence-corrected chi connectivity index (χ1v) is 9.16. The molecule has 0 bridgehead atoms. The van der Waals surface area contributed by atoms with Crippen LogP contribution in [-0.4, -0.2) is 30.1 Å². The Balaban J connectivity index is 1.69. The smallest absolute Gasteiger partial charge is 0.305 e. The number of para-hydroxylation sites is 1. The van der Waals surface area contributed by atoms with Gasteiger partial charge in [0.15, 0.2) is 0 Å². The topological polar surface area (TPSA) is 60.3 Å². The van der Waals surface area contributed by atoms with Gasteiger partial charge in [0, 0.05) is 36.6 Å². The number of carbonyl (C=O) groups excluding carboxylic acids is 2. The lowest BCUT2D eigenvalue weighted by atomic mass is 10.1. The number of nitrogens with zero attached hydrogens (tertiary/aromatic N) is 1. The van der Waals surface area contributed by atoms with E-state index in [4.69, 9.17) is 0 Å². The zero-order valence-electron chi connectivity index (χ0n) is 15.5. The van der Waals surface area contributed by atoms with E-state index in [1.54, 1.807) is 0 Å². The third-order valence-electron chi connectivity index (χ3n) is 4.55. The maximum atomic E-state index is 12.7. The normalized spacial score (nSPS) is 10.7. The Morgan fingerprint density at radius 2 is 1.74 bits per heavy atom. The van der Waals surface area contributed by atoms with E-state index in [9.17, 15) is 9.59 Å². The van der Waals surface area contributed by atoms with E-state index < -0.39 is 0 Å². The van der Waals surface area contributed by atoms with Crippen LogP contribution in [0.2, 0.25) is 0 Å². The number of methoxy groups -OCH3 is 1. The molecule has 0 saturated heterocycles. The second-order valence-corrected chi connectivity index (χ2v) is 6.46. The fourth-order valence-corrected chi connectivity index (χ4v) is 3.13. The Bertz CT molecular complexity index is 916. The zero-order chi connectivity index (χ0) is 19.1. The van der Waals surface area contributed by atoms with Crippen molar-refractivity contribution in [2.75, 3.05) is 13.7 Å². The lowest BCUT2D eigenvalue weighted by Gasteiger charge is -2.05. The van der Waals surface area contributed by atoms with Crippen molar-refractivity contribution in [1.82, 2.24) is 9.88 Å². The van der Waals surface area contributed by atoms with Gasteiger partial charge in [0.1, 0.15) is 0 Å². The highest BCUT2D eigenvalue weighted by Gasteiger charge is 2.14. The summed E-state index contributed by atoms with van der Waals surface area (Å²) in [7, 11) is 1.38. The highest BCUT2D eigenvalue weighted by atomic mass is 16.5. The summed E-state index contributed by atoms with van der Waals surface area (Å²) in [6.07, 6.45) is 3.73. The quantitative estimate of drug-likeness (QED) is 0.489. The predicted octanol–water partition coefficient (Wildman–Crippen LogP) is 3.76. The van der Waals surface area contributed by atoms with Crippen molar-refractivity contribution in [3.63, 3.8) is 0 Å². The van der Waals surface area contributed by atoms with Gasteiger partial charge in [-0.3, -0.25) is 9.59 Å². The average molecular weight is 364 g/mol. The van der Waals surface area contributed by atoms with Crippen LogP contribution in [0.1, 0.15) is 35.2 Å². The molecule has 3 aromatic rings. The summed E-state index contributed by atoms with van der Waals surface area (Å²) in [5.74, 6) is -0.304. The van der Waals surface area contributed by atoms with Crippen molar-refractivity contribution >= 4 is 22.8 Å². The minimum absolute atomic E-state index is 0.0870. The Morgan fingerprint density at radius 1 is 1.00 bits per heavy atom. The number of carbonyl (C=O) groups is 2. The van der Waals surface area contributed by atoms with Crippen molar-refractivity contribution in [3.05, 3.63) is 71.9 Å². The van der Waals surface area contributed by atoms with Gasteiger partial charge in [-0.05, 0) is 24.5 Å². The molecule has 0 radical (unpaired) electrons. The van der Waals surface area contributed by atoms with Crippen molar-refractivity contribution in [1.29, 1.82) is 0 Å². The molecule has 0 saturated carbocycles. The summed E-state index contributed by atoms with van der Waals surface area (Å²) in [5.41, 5.74) is 2.90. The van der Waals surface area contributed by atoms with Gasteiger partial charge in [-0.1, -0.05) is 48.5 Å². The molecule has 1 heterocycles. The Hall–Kier alpha value is -3.08. The maximum Gasteiger partial charge on any atom is 0.305 e. The number of aromatic nitrogens is 1. The highest BCUT2D eigenvalue weighted by molar-refractivity contribution is 6.07. The number of benzene rings is 2. The van der Waals surface area contributed by atoms with Crippen LogP contribution >= 0.6 is 0 Å². The first-order chi connectivity index (χ1) is 13.2. The molecule has 140 valence electrons. The molecule has 0 atom stereocenters. The molecular weight excluding hydrogens is 340 g/mol. The summed E-state index contributed by atoms with van der Waals surface area (Å²) in [6.45, 7) is 1.25. The molecule has 0 aliphatic carbocycles. The van der Waals surface area contributed by atoms with Crippen molar-refractivity contribution in [2.45, 2.75) is 25.8 Å². The summed E-state index contributed by atoms with van der Waals surface area (Å²) >= 11 is 0. The minimum Gasteiger partial charge on any atom is -0.469 e. The molecule has 0 fully saturated rings. The van der Waals surface area contributed by atoms with Crippen molar-refractivity contribution in [2.24, 2.45) is 0 Å². The number of unbranched alkanes of at least 4 members (excludes halogenated alkanes) is 1. The van der Waals surface area contributed by atoms with Gasteiger partial charge in [-0.25, -0.2) is 0 Å². The molecule has 0 aliphatic rings. The molecule has 27 heavy (non-hydrogen) atoms. The van der Waals surface area contributed by atoms with E-state index in [0.29, 0.717) is 31.5 Å². The minimum atomic E-state index is -0.217. The summed E-state index contributed by atoms with van der Waals surface area (Å²) in [5, 5.41) is 3.90. The van der Waals surface area contributed by atoms with Gasteiger partial charge >= 0.3 is 5.97 Å². The third-order valence-corrected chi connectivity index (χ3v) is 4.55. The third kappa shape index (κ3) is 4.76. The molecule has 5 nitrogen and oxygen atoms in total. The molecule has 1 N–H and O–H groups in total. The second kappa shape index (κ2) is 9.03. The molecule has 1 amide bonds. The van der Waals surface area contributed by atoms with Gasteiger partial charge < -0.3 is 14.6 Å². The van der Waals surface area contributed by atoms with Gasteiger partial charge in [0.25, 0.3) is 5.91 Å². The van der Waals surface area contributed by atoms with Gasteiger partial charge in [-0.2, -0.15) is 0 Å². The molecule has 2 aromatic carbocycles. The second-order valence-electron chi connectivity index (χ2n) is 6.46. The SMILES string of the molecule is COC(=O)CCCCNC(=O)c1cn(Cc2ccccc2)c2ccccc12. The highest BCUT2D eigenvalue weighted by Crippen LogP contribution is 2.22. The zero-order valence-corrected chi connectivity index (χ0v) is 15.5. The van der Waals surface area contributed by atoms with E-state index in [0.717, 1.165) is 17.3 Å². The summed E-state index contributed by atoms with van der Waals surface area (Å²) in [4.78, 5) is 23.8. The summed E-state index contributed by atoms with van der Waals surface area (Å²) in [6, 6.07) is 18.1. The lowest BCUT2D eigenvalue weighted by Crippen LogP contribution is -2.24. The van der Waals surface area contributed by atoms with Gasteiger partial charge in [0.2, 0.25) is 0 Å². The van der Waals surface area contributed by atoms with E-state index >= 15 is 0 Å². The lowest BCUT2D eigenvalue weighted by molar-refractivity contribution is -0.140. The van der Waals surface area contributed by atoms with Crippen molar-refractivity contribution in [3.8, 4) is 0 Å². The molecule has 0 spiro atoms. The van der Waals surface area contributed by atoms with E-state index in [1.165, 1.54) is 12.7 Å². The largest absolute Gasteiger partial charge is 0.469 e. The van der Waals surface area contributed by atoms with E-state index in [-0.39, 0.29) is 11.9 Å². The summed E-state index contributed by atoms with van der Waals surface area (Å²) < 4.78 is 6.73. The molecule has 0 unspecified atom stereocenters. The van der Waals surface area contributed by atoms with Crippen LogP contribution in [0, 0.1) is 0 Å². The standard InChI is InChI=1S/C22H24N2O3/c1-27-21(25)13-7-8-14-23-22(26)19-16-24(15-17-9-3-2-4-10-17)20-12-6-5-11-18(19)20/h2-6,9-12,16H,7-8,13-15H2,1H3,(H,23,26). The molecule has 0 aliphatic heterocycles. The number of rotatable bonds is 8. The number of amides is 1. The monoisotopic (exact) mass is 364 g/mol. The number of esters is 1. The number of fused-ring (bicyclic) bond motifs is 1. The first-order valence-electron chi connectivity index (χ1n) is 9.16. The van der Waals surface area contributed by atoms with Crippen LogP contribution < -0.4 is 5.32 Å². The van der Waals surface area contributed by atoms with Crippen LogP contribution in [-0.2, 0) is 16.1 Å². The van der Waals surface area contributed by atoms with Crippen molar-refractivity contribution < 1.29 is 14.3 Å². The Morgan fingerprint density at radius 3 is 2.52 bits per heavy atom. The van der Waals surface area contributed by atoms with Crippen LogP contribution in [0.4, 0.5) is 0 Å². The predicted molar refractivity (Wildman–Crippen MR) is 106 cm³/mol. The molecule has 3 rings (SSSR count). The molecule has 1 aromatic heterocycles. The van der Waals surface area contributed by atoms with E-state index in [1.807, 2.05) is 48.7 Å². The van der Waals surface area contributed by atoms with Gasteiger partial charge in [-0.15, -0.1) is 0 Å². The fraction of sp³-hybridized carbons (Fsp3) is 0.273. The number of nitrogens with one attached hydrogen (secondary N) is 1. The van der Waals surface area contributed by atoms with Crippen LogP contribution in [0.15, 0.2) is 60.8 Å². The van der Waals surface area contributed by atoms with Crippen LogP contribution in [0.25, 0.3) is 10.9 Å². The van der Waals surface area contributed by atoms with E-state index in [2.05, 4.69) is 26.8 Å². The number of hydrogen-bond acceptors (Lipinski definition) is 3. The first kappa shape index (κ1) is 18.7. The molecule has 5 heteroatoms. The molecular formula is C22H24N2O3. The number of ether oxygens (including phenoxy) is 1. The fourth-order valence-electron chi connectivity index (χ4n) is 3.13.